The third kappa shape index (κ3) is 11.1. The Morgan fingerprint density at radius 1 is 0.763 bits per heavy atom. The number of hydrogen-bond donors (Lipinski definition) is 2. The summed E-state index contributed by atoms with van der Waals surface area (Å²) in [5, 5.41) is 4.75. The van der Waals surface area contributed by atoms with E-state index in [2.05, 4.69) is 15.4 Å². The summed E-state index contributed by atoms with van der Waals surface area (Å²) in [4.78, 5) is 61.8. The molecule has 38 heavy (non-hydrogen) atoms. The number of carbonyl (C=O) groups excluding carboxylic acids is 5. The number of esters is 2. The molecule has 0 saturated carbocycles. The molecular weight excluding hydrogens is 496 g/mol. The molecule has 204 valence electrons. The van der Waals surface area contributed by atoms with Crippen molar-refractivity contribution in [1.82, 2.24) is 10.6 Å². The van der Waals surface area contributed by atoms with Crippen LogP contribution >= 0.6 is 0 Å². The van der Waals surface area contributed by atoms with Gasteiger partial charge in [0.1, 0.15) is 18.7 Å². The second kappa shape index (κ2) is 15.6. The topological polar surface area (TPSA) is 146 Å². The predicted molar refractivity (Wildman–Crippen MR) is 135 cm³/mol. The van der Waals surface area contributed by atoms with Crippen LogP contribution in [-0.4, -0.2) is 55.9 Å². The van der Waals surface area contributed by atoms with Gasteiger partial charge in [-0.25, -0.2) is 19.2 Å². The Labute approximate surface area is 220 Å². The van der Waals surface area contributed by atoms with Crippen molar-refractivity contribution in [3.05, 3.63) is 71.8 Å². The van der Waals surface area contributed by atoms with Gasteiger partial charge in [0, 0.05) is 6.42 Å². The van der Waals surface area contributed by atoms with Gasteiger partial charge in [0.2, 0.25) is 5.91 Å². The van der Waals surface area contributed by atoms with Gasteiger partial charge in [0.25, 0.3) is 0 Å². The van der Waals surface area contributed by atoms with Crippen molar-refractivity contribution in [2.45, 2.75) is 45.4 Å². The monoisotopic (exact) mass is 528 g/mol. The van der Waals surface area contributed by atoms with E-state index in [-0.39, 0.29) is 25.6 Å². The molecule has 2 aromatic rings. The van der Waals surface area contributed by atoms with Crippen molar-refractivity contribution >= 4 is 30.1 Å². The fourth-order valence-corrected chi connectivity index (χ4v) is 3.14. The molecule has 0 spiro atoms. The molecule has 0 bridgehead atoms. The van der Waals surface area contributed by atoms with Crippen LogP contribution in [0.15, 0.2) is 60.7 Å². The average molecular weight is 529 g/mol. The number of methoxy groups -OCH3 is 1. The summed E-state index contributed by atoms with van der Waals surface area (Å²) in [6.07, 6.45) is -2.70. The number of rotatable bonds is 12. The van der Waals surface area contributed by atoms with Crippen LogP contribution in [0.25, 0.3) is 0 Å². The first-order valence-corrected chi connectivity index (χ1v) is 11.9. The summed E-state index contributed by atoms with van der Waals surface area (Å²) in [5.74, 6) is -2.69. The molecular formula is C27H32N2O9. The highest BCUT2D eigenvalue weighted by atomic mass is 16.7. The molecule has 0 saturated heterocycles. The van der Waals surface area contributed by atoms with Gasteiger partial charge in [0.15, 0.2) is 0 Å². The van der Waals surface area contributed by atoms with E-state index in [4.69, 9.17) is 14.2 Å². The summed E-state index contributed by atoms with van der Waals surface area (Å²) >= 11 is 0. The number of ether oxygens (including phenoxy) is 4. The van der Waals surface area contributed by atoms with E-state index in [1.165, 1.54) is 0 Å². The average Bonchev–Trinajstić information content (AvgIpc) is 2.90. The largest absolute Gasteiger partial charge is 0.516 e. The molecule has 2 amide bonds. The molecule has 0 fully saturated rings. The molecule has 2 rings (SSSR count). The van der Waals surface area contributed by atoms with E-state index in [1.807, 2.05) is 19.9 Å². The van der Waals surface area contributed by atoms with E-state index in [1.54, 1.807) is 54.6 Å². The number of alkyl carbamates (subject to hydrolysis) is 1. The van der Waals surface area contributed by atoms with E-state index >= 15 is 0 Å². The third-order valence-electron chi connectivity index (χ3n) is 5.00. The van der Waals surface area contributed by atoms with Crippen LogP contribution in [0.1, 0.15) is 31.4 Å². The SMILES string of the molecule is COC(=O)[C@@H](CC(=O)N[C@@H](Cc1ccccc1)C(=O)OC(=O)OCC(C)C)NC(=O)OCc1ccccc1. The third-order valence-corrected chi connectivity index (χ3v) is 5.00. The number of benzene rings is 2. The standard InChI is InChI=1S/C27H32N2O9/c1-18(2)16-37-27(34)38-25(32)21(14-19-10-6-4-7-11-19)28-23(30)15-22(24(31)35-3)29-26(33)36-17-20-12-8-5-9-13-20/h4-13,18,21-22H,14-17H2,1-3H3,(H,28,30)(H,29,33)/t21-,22+/m0/s1. The minimum Gasteiger partial charge on any atom is -0.467 e. The van der Waals surface area contributed by atoms with Gasteiger partial charge in [-0.15, -0.1) is 0 Å². The minimum absolute atomic E-state index is 0.00168. The van der Waals surface area contributed by atoms with Gasteiger partial charge in [-0.1, -0.05) is 74.5 Å². The zero-order valence-electron chi connectivity index (χ0n) is 21.5. The van der Waals surface area contributed by atoms with Crippen LogP contribution < -0.4 is 10.6 Å². The quantitative estimate of drug-likeness (QED) is 0.241. The van der Waals surface area contributed by atoms with Gasteiger partial charge in [-0.2, -0.15) is 0 Å². The van der Waals surface area contributed by atoms with E-state index in [0.29, 0.717) is 5.56 Å². The fourth-order valence-electron chi connectivity index (χ4n) is 3.14. The van der Waals surface area contributed by atoms with E-state index < -0.39 is 48.6 Å². The summed E-state index contributed by atoms with van der Waals surface area (Å²) in [6, 6.07) is 14.9. The summed E-state index contributed by atoms with van der Waals surface area (Å²) in [7, 11) is 1.10. The van der Waals surface area contributed by atoms with Crippen molar-refractivity contribution in [3.63, 3.8) is 0 Å². The summed E-state index contributed by atoms with van der Waals surface area (Å²) in [5.41, 5.74) is 1.40. The zero-order chi connectivity index (χ0) is 27.9. The maximum atomic E-state index is 12.8. The number of nitrogens with one attached hydrogen (secondary N) is 2. The van der Waals surface area contributed by atoms with Crippen LogP contribution in [0.4, 0.5) is 9.59 Å². The van der Waals surface area contributed by atoms with Crippen LogP contribution in [0, 0.1) is 5.92 Å². The van der Waals surface area contributed by atoms with Crippen molar-refractivity contribution in [2.24, 2.45) is 5.92 Å². The van der Waals surface area contributed by atoms with Gasteiger partial charge in [0.05, 0.1) is 20.1 Å². The highest BCUT2D eigenvalue weighted by Crippen LogP contribution is 2.08. The van der Waals surface area contributed by atoms with Crippen LogP contribution in [0.5, 0.6) is 0 Å². The number of carbonyl (C=O) groups is 5. The Hall–Kier alpha value is -4.41. The second-order valence-corrected chi connectivity index (χ2v) is 8.67. The molecule has 11 heteroatoms. The first-order chi connectivity index (χ1) is 18.2. The lowest BCUT2D eigenvalue weighted by Crippen LogP contribution is -2.49. The maximum absolute atomic E-state index is 12.8. The van der Waals surface area contributed by atoms with Crippen LogP contribution in [0.3, 0.4) is 0 Å². The van der Waals surface area contributed by atoms with E-state index in [9.17, 15) is 24.0 Å². The first-order valence-electron chi connectivity index (χ1n) is 11.9. The van der Waals surface area contributed by atoms with E-state index in [0.717, 1.165) is 12.7 Å². The molecule has 11 nitrogen and oxygen atoms in total. The molecule has 0 aliphatic heterocycles. The summed E-state index contributed by atoms with van der Waals surface area (Å²) < 4.78 is 19.4. The van der Waals surface area contributed by atoms with Crippen molar-refractivity contribution in [2.75, 3.05) is 13.7 Å². The lowest BCUT2D eigenvalue weighted by molar-refractivity contribution is -0.146. The van der Waals surface area contributed by atoms with Gasteiger partial charge < -0.3 is 29.6 Å². The highest BCUT2D eigenvalue weighted by Gasteiger charge is 2.30. The molecule has 0 radical (unpaired) electrons. The fraction of sp³-hybridized carbons (Fsp3) is 0.370. The zero-order valence-corrected chi connectivity index (χ0v) is 21.5. The number of hydrogen-bond acceptors (Lipinski definition) is 9. The molecule has 0 aliphatic carbocycles. The molecule has 0 heterocycles. The molecule has 2 aromatic carbocycles. The Bertz CT molecular complexity index is 1070. The summed E-state index contributed by atoms with van der Waals surface area (Å²) in [6.45, 7) is 3.63. The first kappa shape index (κ1) is 29.8. The lowest BCUT2D eigenvalue weighted by Gasteiger charge is -2.20. The molecule has 2 N–H and O–H groups in total. The van der Waals surface area contributed by atoms with Crippen LogP contribution in [-0.2, 0) is 46.4 Å². The number of amides is 2. The van der Waals surface area contributed by atoms with Crippen molar-refractivity contribution in [3.8, 4) is 0 Å². The molecule has 0 unspecified atom stereocenters. The minimum atomic E-state index is -1.40. The molecule has 2 atom stereocenters. The smallest absolute Gasteiger partial charge is 0.467 e. The van der Waals surface area contributed by atoms with Gasteiger partial charge in [-0.3, -0.25) is 4.79 Å². The normalized spacial score (nSPS) is 12.0. The predicted octanol–water partition coefficient (Wildman–Crippen LogP) is 2.91. The van der Waals surface area contributed by atoms with Crippen molar-refractivity contribution in [1.29, 1.82) is 0 Å². The van der Waals surface area contributed by atoms with Crippen LogP contribution in [0.2, 0.25) is 0 Å². The molecule has 0 aromatic heterocycles. The molecule has 0 aliphatic rings. The Morgan fingerprint density at radius 2 is 1.37 bits per heavy atom. The highest BCUT2D eigenvalue weighted by molar-refractivity contribution is 5.92. The van der Waals surface area contributed by atoms with Gasteiger partial charge in [-0.05, 0) is 17.0 Å². The Morgan fingerprint density at radius 3 is 1.95 bits per heavy atom. The lowest BCUT2D eigenvalue weighted by atomic mass is 10.1. The Balaban J connectivity index is 2.03. The Kier molecular flexibility index (Phi) is 12.3. The second-order valence-electron chi connectivity index (χ2n) is 8.67. The van der Waals surface area contributed by atoms with Gasteiger partial charge >= 0.3 is 24.2 Å². The maximum Gasteiger partial charge on any atom is 0.516 e. The van der Waals surface area contributed by atoms with Crippen molar-refractivity contribution < 1.29 is 42.9 Å².